The number of nitrogens with zero attached hydrogens (tertiary/aromatic N) is 2. The molecule has 0 spiro atoms. The zero-order valence-electron chi connectivity index (χ0n) is 14.9. The molecule has 2 aromatic rings. The van der Waals surface area contributed by atoms with Crippen molar-refractivity contribution in [1.82, 2.24) is 9.88 Å². The van der Waals surface area contributed by atoms with Crippen molar-refractivity contribution in [3.05, 3.63) is 41.6 Å². The van der Waals surface area contributed by atoms with Gasteiger partial charge in [0.1, 0.15) is 5.60 Å². The van der Waals surface area contributed by atoms with Gasteiger partial charge >= 0.3 is 6.09 Å². The minimum atomic E-state index is -0.483. The second-order valence-electron chi connectivity index (χ2n) is 7.38. The van der Waals surface area contributed by atoms with Gasteiger partial charge in [0, 0.05) is 23.1 Å². The fourth-order valence-electron chi connectivity index (χ4n) is 3.06. The normalized spacial score (nSPS) is 18.0. The second kappa shape index (κ2) is 6.64. The third-order valence-electron chi connectivity index (χ3n) is 4.20. The zero-order chi connectivity index (χ0) is 18.0. The number of likely N-dealkylation sites (tertiary alicyclic amines) is 1. The molecule has 1 N–H and O–H groups in total. The van der Waals surface area contributed by atoms with Crippen LogP contribution in [0.4, 0.5) is 4.79 Å². The minimum Gasteiger partial charge on any atom is -0.444 e. The number of rotatable bonds is 2. The van der Waals surface area contributed by atoms with Gasteiger partial charge in [-0.1, -0.05) is 12.1 Å². The minimum absolute atomic E-state index is 0.0518. The van der Waals surface area contributed by atoms with Crippen molar-refractivity contribution in [2.24, 2.45) is 0 Å². The number of benzene rings is 1. The molecule has 5 nitrogen and oxygen atoms in total. The van der Waals surface area contributed by atoms with Crippen molar-refractivity contribution in [2.75, 3.05) is 6.54 Å². The fraction of sp³-hybridized carbons (Fsp3) is 0.400. The van der Waals surface area contributed by atoms with Crippen LogP contribution in [-0.2, 0) is 4.74 Å². The summed E-state index contributed by atoms with van der Waals surface area (Å²) >= 11 is 0. The Balaban J connectivity index is 1.74. The number of hydrogen-bond acceptors (Lipinski definition) is 3. The molecule has 1 fully saturated rings. The molecule has 2 heterocycles. The number of fused-ring (bicyclic) bond motifs is 1. The number of carbonyl (C=O) groups is 1. The third-order valence-corrected chi connectivity index (χ3v) is 4.20. The molecule has 130 valence electrons. The molecular weight excluding hydrogens is 314 g/mol. The number of carbonyl (C=O) groups excluding carboxylic acids is 1. The van der Waals surface area contributed by atoms with Crippen LogP contribution in [0.15, 0.2) is 30.3 Å². The van der Waals surface area contributed by atoms with Crippen molar-refractivity contribution < 1.29 is 9.53 Å². The molecule has 1 aromatic carbocycles. The Morgan fingerprint density at radius 1 is 1.40 bits per heavy atom. The first-order valence-corrected chi connectivity index (χ1v) is 8.56. The van der Waals surface area contributed by atoms with Crippen LogP contribution < -0.4 is 0 Å². The summed E-state index contributed by atoms with van der Waals surface area (Å²) in [6.45, 7) is 6.37. The summed E-state index contributed by atoms with van der Waals surface area (Å²) < 4.78 is 5.49. The van der Waals surface area contributed by atoms with Gasteiger partial charge in [-0.25, -0.2) is 4.79 Å². The third kappa shape index (κ3) is 4.03. The average Bonchev–Trinajstić information content (AvgIpc) is 3.16. The van der Waals surface area contributed by atoms with Crippen LogP contribution in [0.25, 0.3) is 17.0 Å². The molecule has 0 saturated carbocycles. The lowest BCUT2D eigenvalue weighted by molar-refractivity contribution is 0.0256. The van der Waals surface area contributed by atoms with E-state index in [9.17, 15) is 4.79 Å². The lowest BCUT2D eigenvalue weighted by Crippen LogP contribution is -2.39. The van der Waals surface area contributed by atoms with E-state index in [-0.39, 0.29) is 12.1 Å². The van der Waals surface area contributed by atoms with Crippen LogP contribution in [0.3, 0.4) is 0 Å². The van der Waals surface area contributed by atoms with Crippen molar-refractivity contribution in [3.8, 4) is 6.07 Å². The summed E-state index contributed by atoms with van der Waals surface area (Å²) in [6, 6.07) is 9.83. The van der Waals surface area contributed by atoms with Crippen LogP contribution in [0.2, 0.25) is 0 Å². The first kappa shape index (κ1) is 17.1. The molecule has 1 saturated heterocycles. The summed E-state index contributed by atoms with van der Waals surface area (Å²) in [5.74, 6) is 0. The van der Waals surface area contributed by atoms with E-state index in [1.165, 1.54) is 0 Å². The van der Waals surface area contributed by atoms with Gasteiger partial charge in [0.15, 0.2) is 0 Å². The molecule has 1 aliphatic heterocycles. The van der Waals surface area contributed by atoms with Crippen LogP contribution in [0, 0.1) is 11.3 Å². The molecule has 1 aromatic heterocycles. The van der Waals surface area contributed by atoms with E-state index in [1.54, 1.807) is 4.90 Å². The van der Waals surface area contributed by atoms with E-state index in [1.807, 2.05) is 57.2 Å². The Hall–Kier alpha value is -2.74. The SMILES string of the molecule is CC(C)(C)OC(=O)N1CCC[C@H]1C=Cc1cc2ccc(C#N)cc2[nH]1. The summed E-state index contributed by atoms with van der Waals surface area (Å²) in [5.41, 5.74) is 2.05. The lowest BCUT2D eigenvalue weighted by Gasteiger charge is -2.27. The molecular formula is C20H23N3O2. The maximum absolute atomic E-state index is 12.3. The fourth-order valence-corrected chi connectivity index (χ4v) is 3.06. The van der Waals surface area contributed by atoms with Crippen molar-refractivity contribution >= 4 is 23.1 Å². The van der Waals surface area contributed by atoms with Gasteiger partial charge in [0.2, 0.25) is 0 Å². The lowest BCUT2D eigenvalue weighted by atomic mass is 10.1. The maximum atomic E-state index is 12.3. The van der Waals surface area contributed by atoms with E-state index < -0.39 is 5.60 Å². The van der Waals surface area contributed by atoms with Crippen molar-refractivity contribution in [3.63, 3.8) is 0 Å². The van der Waals surface area contributed by atoms with Gasteiger partial charge in [-0.2, -0.15) is 5.26 Å². The topological polar surface area (TPSA) is 69.1 Å². The average molecular weight is 337 g/mol. The highest BCUT2D eigenvalue weighted by atomic mass is 16.6. The van der Waals surface area contributed by atoms with Gasteiger partial charge in [-0.05, 0) is 57.9 Å². The highest BCUT2D eigenvalue weighted by Crippen LogP contribution is 2.23. The van der Waals surface area contributed by atoms with Gasteiger partial charge in [-0.15, -0.1) is 0 Å². The summed E-state index contributed by atoms with van der Waals surface area (Å²) in [7, 11) is 0. The smallest absolute Gasteiger partial charge is 0.410 e. The number of nitriles is 1. The van der Waals surface area contributed by atoms with Crippen LogP contribution >= 0.6 is 0 Å². The number of amides is 1. The maximum Gasteiger partial charge on any atom is 0.410 e. The molecule has 5 heteroatoms. The zero-order valence-corrected chi connectivity index (χ0v) is 14.9. The highest BCUT2D eigenvalue weighted by Gasteiger charge is 2.30. The van der Waals surface area contributed by atoms with Crippen LogP contribution in [0.5, 0.6) is 0 Å². The van der Waals surface area contributed by atoms with E-state index in [4.69, 9.17) is 10.00 Å². The van der Waals surface area contributed by atoms with E-state index >= 15 is 0 Å². The van der Waals surface area contributed by atoms with E-state index in [0.717, 1.165) is 36.0 Å². The first-order chi connectivity index (χ1) is 11.9. The Labute approximate surface area is 147 Å². The summed E-state index contributed by atoms with van der Waals surface area (Å²) in [4.78, 5) is 17.4. The molecule has 1 amide bonds. The summed E-state index contributed by atoms with van der Waals surface area (Å²) in [5, 5.41) is 10.0. The Bertz CT molecular complexity index is 852. The van der Waals surface area contributed by atoms with Gasteiger partial charge in [0.25, 0.3) is 0 Å². The molecule has 25 heavy (non-hydrogen) atoms. The predicted molar refractivity (Wildman–Crippen MR) is 98.0 cm³/mol. The quantitative estimate of drug-likeness (QED) is 0.880. The van der Waals surface area contributed by atoms with Gasteiger partial charge in [-0.3, -0.25) is 0 Å². The molecule has 3 rings (SSSR count). The second-order valence-corrected chi connectivity index (χ2v) is 7.38. The first-order valence-electron chi connectivity index (χ1n) is 8.56. The molecule has 0 unspecified atom stereocenters. The number of aromatic nitrogens is 1. The molecule has 0 bridgehead atoms. The largest absolute Gasteiger partial charge is 0.444 e. The van der Waals surface area contributed by atoms with Crippen molar-refractivity contribution in [2.45, 2.75) is 45.3 Å². The highest BCUT2D eigenvalue weighted by molar-refractivity contribution is 5.83. The molecule has 1 atom stereocenters. The Morgan fingerprint density at radius 2 is 2.20 bits per heavy atom. The van der Waals surface area contributed by atoms with E-state index in [0.29, 0.717) is 5.56 Å². The Kier molecular flexibility index (Phi) is 4.54. The van der Waals surface area contributed by atoms with E-state index in [2.05, 4.69) is 11.1 Å². The Morgan fingerprint density at radius 3 is 2.92 bits per heavy atom. The molecule has 1 aliphatic rings. The van der Waals surface area contributed by atoms with Crippen LogP contribution in [0.1, 0.15) is 44.9 Å². The number of aromatic amines is 1. The summed E-state index contributed by atoms with van der Waals surface area (Å²) in [6.07, 6.45) is 5.71. The van der Waals surface area contributed by atoms with Gasteiger partial charge in [0.05, 0.1) is 17.7 Å². The van der Waals surface area contributed by atoms with Gasteiger partial charge < -0.3 is 14.6 Å². The van der Waals surface area contributed by atoms with Crippen LogP contribution in [-0.4, -0.2) is 34.2 Å². The predicted octanol–water partition coefficient (Wildman–Crippen LogP) is 4.45. The monoisotopic (exact) mass is 337 g/mol. The number of H-pyrrole nitrogens is 1. The molecule has 0 aliphatic carbocycles. The molecule has 0 radical (unpaired) electrons. The number of hydrogen-bond donors (Lipinski definition) is 1. The number of ether oxygens (including phenoxy) is 1. The number of nitrogens with one attached hydrogen (secondary N) is 1. The van der Waals surface area contributed by atoms with Crippen molar-refractivity contribution in [1.29, 1.82) is 5.26 Å². The standard InChI is InChI=1S/C20H23N3O2/c1-20(2,3)25-19(24)23-10-4-5-17(23)9-8-16-12-15-7-6-14(13-21)11-18(15)22-16/h6-9,11-12,17,22H,4-5,10H2,1-3H3/t17-/m0/s1.